The van der Waals surface area contributed by atoms with E-state index >= 15 is 0 Å². The topological polar surface area (TPSA) is 112 Å². The van der Waals surface area contributed by atoms with Gasteiger partial charge in [-0.05, 0) is 31.2 Å². The quantitative estimate of drug-likeness (QED) is 0.771. The van der Waals surface area contributed by atoms with Crippen molar-refractivity contribution in [2.24, 2.45) is 0 Å². The molecule has 1 unspecified atom stereocenters. The maximum atomic E-state index is 11.2. The van der Waals surface area contributed by atoms with Crippen LogP contribution in [0.3, 0.4) is 0 Å². The monoisotopic (exact) mass is 321 g/mol. The zero-order valence-electron chi connectivity index (χ0n) is 11.7. The molecule has 116 valence electrons. The molecule has 0 aliphatic heterocycles. The summed E-state index contributed by atoms with van der Waals surface area (Å²) in [6.45, 7) is 0. The second-order valence-electron chi connectivity index (χ2n) is 5.25. The number of carbonyl (C=O) groups is 2. The first-order chi connectivity index (χ1) is 10.6. The molecule has 0 saturated carbocycles. The number of rotatable bonds is 5. The van der Waals surface area contributed by atoms with Crippen molar-refractivity contribution in [3.8, 4) is 0 Å². The third kappa shape index (κ3) is 2.74. The molecule has 1 aliphatic rings. The van der Waals surface area contributed by atoms with Crippen molar-refractivity contribution in [1.82, 2.24) is 9.97 Å². The number of carboxylic acid groups (broad SMARTS) is 2. The van der Waals surface area contributed by atoms with Gasteiger partial charge in [0.2, 0.25) is 0 Å². The van der Waals surface area contributed by atoms with Crippen molar-refractivity contribution < 1.29 is 19.8 Å². The van der Waals surface area contributed by atoms with Gasteiger partial charge in [-0.2, -0.15) is 0 Å². The van der Waals surface area contributed by atoms with Gasteiger partial charge in [0.1, 0.15) is 23.0 Å². The minimum absolute atomic E-state index is 0.415. The molecule has 0 radical (unpaired) electrons. The first kappa shape index (κ1) is 14.7. The van der Waals surface area contributed by atoms with Crippen LogP contribution in [0.25, 0.3) is 10.2 Å². The lowest BCUT2D eigenvalue weighted by atomic mass is 9.97. The molecular weight excluding hydrogens is 306 g/mol. The van der Waals surface area contributed by atoms with Crippen LogP contribution in [-0.4, -0.2) is 38.2 Å². The van der Waals surface area contributed by atoms with Gasteiger partial charge in [0, 0.05) is 4.88 Å². The van der Waals surface area contributed by atoms with Gasteiger partial charge in [0.15, 0.2) is 0 Å². The minimum Gasteiger partial charge on any atom is -0.481 e. The Morgan fingerprint density at radius 3 is 2.77 bits per heavy atom. The molecule has 1 aliphatic carbocycles. The summed E-state index contributed by atoms with van der Waals surface area (Å²) >= 11 is 1.61. The molecule has 3 rings (SSSR count). The fourth-order valence-corrected chi connectivity index (χ4v) is 3.97. The average molecular weight is 321 g/mol. The molecule has 0 saturated heterocycles. The van der Waals surface area contributed by atoms with Crippen molar-refractivity contribution in [2.75, 3.05) is 5.32 Å². The highest BCUT2D eigenvalue weighted by molar-refractivity contribution is 7.19. The van der Waals surface area contributed by atoms with E-state index in [0.717, 1.165) is 35.9 Å². The van der Waals surface area contributed by atoms with Crippen LogP contribution in [0.1, 0.15) is 29.7 Å². The number of anilines is 1. The summed E-state index contributed by atoms with van der Waals surface area (Å²) in [5, 5.41) is 21.6. The van der Waals surface area contributed by atoms with Gasteiger partial charge in [0.25, 0.3) is 0 Å². The van der Waals surface area contributed by atoms with Crippen molar-refractivity contribution in [1.29, 1.82) is 0 Å². The Morgan fingerprint density at radius 1 is 1.27 bits per heavy atom. The summed E-state index contributed by atoms with van der Waals surface area (Å²) in [6.07, 6.45) is 5.04. The third-order valence-electron chi connectivity index (χ3n) is 3.74. The summed E-state index contributed by atoms with van der Waals surface area (Å²) in [5.74, 6) is -1.96. The number of hydrogen-bond donors (Lipinski definition) is 3. The minimum atomic E-state index is -1.21. The molecular formula is C14H15N3O4S. The summed E-state index contributed by atoms with van der Waals surface area (Å²) in [5.41, 5.74) is 1.17. The van der Waals surface area contributed by atoms with Gasteiger partial charge in [-0.15, -0.1) is 11.3 Å². The van der Waals surface area contributed by atoms with Crippen LogP contribution in [0.2, 0.25) is 0 Å². The number of fused-ring (bicyclic) bond motifs is 3. The number of carboxylic acids is 2. The number of aromatic nitrogens is 2. The maximum absolute atomic E-state index is 11.2. The van der Waals surface area contributed by atoms with E-state index in [9.17, 15) is 14.7 Å². The number of nitrogens with zero attached hydrogens (tertiary/aromatic N) is 2. The van der Waals surface area contributed by atoms with Gasteiger partial charge < -0.3 is 15.5 Å². The number of hydrogen-bond acceptors (Lipinski definition) is 6. The van der Waals surface area contributed by atoms with Gasteiger partial charge in [-0.1, -0.05) is 0 Å². The molecule has 1 atom stereocenters. The molecule has 0 aromatic carbocycles. The van der Waals surface area contributed by atoms with Gasteiger partial charge in [-0.25, -0.2) is 14.8 Å². The Hall–Kier alpha value is -2.22. The van der Waals surface area contributed by atoms with Crippen LogP contribution in [0.15, 0.2) is 6.33 Å². The van der Waals surface area contributed by atoms with Crippen molar-refractivity contribution in [2.45, 2.75) is 38.1 Å². The van der Waals surface area contributed by atoms with E-state index < -0.39 is 24.4 Å². The predicted molar refractivity (Wildman–Crippen MR) is 81.4 cm³/mol. The highest BCUT2D eigenvalue weighted by Gasteiger charge is 2.25. The van der Waals surface area contributed by atoms with Crippen LogP contribution < -0.4 is 5.32 Å². The third-order valence-corrected chi connectivity index (χ3v) is 4.94. The fraction of sp³-hybridized carbons (Fsp3) is 0.429. The van der Waals surface area contributed by atoms with Crippen molar-refractivity contribution in [3.63, 3.8) is 0 Å². The predicted octanol–water partition coefficient (Wildman–Crippen LogP) is 1.91. The fourth-order valence-electron chi connectivity index (χ4n) is 2.74. The molecule has 22 heavy (non-hydrogen) atoms. The zero-order chi connectivity index (χ0) is 15.7. The SMILES string of the molecule is O=C(O)CC(Nc1ncnc2sc3c(c12)CCCC3)C(=O)O. The summed E-state index contributed by atoms with van der Waals surface area (Å²) in [7, 11) is 0. The van der Waals surface area contributed by atoms with Crippen LogP contribution in [-0.2, 0) is 22.4 Å². The van der Waals surface area contributed by atoms with Crippen molar-refractivity contribution in [3.05, 3.63) is 16.8 Å². The molecule has 0 amide bonds. The molecule has 8 heteroatoms. The standard InChI is InChI=1S/C14H15N3O4S/c18-10(19)5-8(14(20)21)17-12-11-7-3-1-2-4-9(7)22-13(11)16-6-15-12/h6,8H,1-5H2,(H,18,19)(H,20,21)(H,15,16,17). The number of nitrogens with one attached hydrogen (secondary N) is 1. The lowest BCUT2D eigenvalue weighted by Crippen LogP contribution is -2.32. The van der Waals surface area contributed by atoms with E-state index in [4.69, 9.17) is 5.11 Å². The molecule has 0 bridgehead atoms. The first-order valence-electron chi connectivity index (χ1n) is 7.02. The number of aryl methyl sites for hydroxylation is 2. The first-order valence-corrected chi connectivity index (χ1v) is 7.84. The molecule has 0 fully saturated rings. The average Bonchev–Trinajstić information content (AvgIpc) is 2.85. The molecule has 0 spiro atoms. The smallest absolute Gasteiger partial charge is 0.326 e. The van der Waals surface area contributed by atoms with Crippen LogP contribution >= 0.6 is 11.3 Å². The molecule has 2 heterocycles. The summed E-state index contributed by atoms with van der Waals surface area (Å²) in [4.78, 5) is 32.6. The van der Waals surface area contributed by atoms with Crippen LogP contribution in [0, 0.1) is 0 Å². The molecule has 7 nitrogen and oxygen atoms in total. The van der Waals surface area contributed by atoms with Crippen LogP contribution in [0.4, 0.5) is 5.82 Å². The number of thiophene rings is 1. The lowest BCUT2D eigenvalue weighted by molar-refractivity contribution is -0.144. The Morgan fingerprint density at radius 2 is 2.05 bits per heavy atom. The van der Waals surface area contributed by atoms with Crippen LogP contribution in [0.5, 0.6) is 0 Å². The van der Waals surface area contributed by atoms with Gasteiger partial charge >= 0.3 is 11.9 Å². The van der Waals surface area contributed by atoms with E-state index in [0.29, 0.717) is 5.82 Å². The highest BCUT2D eigenvalue weighted by Crippen LogP contribution is 2.38. The second-order valence-corrected chi connectivity index (χ2v) is 6.33. The van der Waals surface area contributed by atoms with Crippen molar-refractivity contribution >= 4 is 39.3 Å². The van der Waals surface area contributed by atoms with E-state index in [1.54, 1.807) is 11.3 Å². The highest BCUT2D eigenvalue weighted by atomic mass is 32.1. The Balaban J connectivity index is 2.01. The Bertz CT molecular complexity index is 743. The van der Waals surface area contributed by atoms with E-state index in [1.807, 2.05) is 0 Å². The Kier molecular flexibility index (Phi) is 3.93. The summed E-state index contributed by atoms with van der Waals surface area (Å²) < 4.78 is 0. The van der Waals surface area contributed by atoms with E-state index in [-0.39, 0.29) is 0 Å². The van der Waals surface area contributed by atoms with Gasteiger partial charge in [0.05, 0.1) is 11.8 Å². The molecule has 3 N–H and O–H groups in total. The normalized spacial score (nSPS) is 15.3. The maximum Gasteiger partial charge on any atom is 0.326 e. The number of aliphatic carboxylic acids is 2. The Labute approximate surface area is 130 Å². The lowest BCUT2D eigenvalue weighted by Gasteiger charge is -2.15. The molecule has 2 aromatic rings. The zero-order valence-corrected chi connectivity index (χ0v) is 12.5. The largest absolute Gasteiger partial charge is 0.481 e. The van der Waals surface area contributed by atoms with Gasteiger partial charge in [-0.3, -0.25) is 4.79 Å². The van der Waals surface area contributed by atoms with E-state index in [1.165, 1.54) is 16.8 Å². The summed E-state index contributed by atoms with van der Waals surface area (Å²) in [6, 6.07) is -1.21. The molecule has 2 aromatic heterocycles. The second kappa shape index (κ2) is 5.88. The van der Waals surface area contributed by atoms with E-state index in [2.05, 4.69) is 15.3 Å².